The van der Waals surface area contributed by atoms with Gasteiger partial charge in [-0.3, -0.25) is 4.57 Å². The third-order valence-electron chi connectivity index (χ3n) is 2.66. The molecular weight excluding hydrogens is 296 g/mol. The predicted octanol–water partition coefficient (Wildman–Crippen LogP) is 3.49. The third-order valence-corrected chi connectivity index (χ3v) is 2.98. The highest BCUT2D eigenvalue weighted by Crippen LogP contribution is 2.32. The van der Waals surface area contributed by atoms with E-state index < -0.39 is 0 Å². The second-order valence-electron chi connectivity index (χ2n) is 3.95. The molecule has 110 valence electrons. The lowest BCUT2D eigenvalue weighted by atomic mass is 10.2. The normalized spacial score (nSPS) is 10.9. The molecule has 0 saturated carbocycles. The minimum atomic E-state index is -0.144. The van der Waals surface area contributed by atoms with E-state index in [1.807, 2.05) is 6.92 Å². The van der Waals surface area contributed by atoms with Crippen molar-refractivity contribution in [3.8, 4) is 11.6 Å². The van der Waals surface area contributed by atoms with Crippen LogP contribution in [0.15, 0.2) is 33.7 Å². The monoisotopic (exact) mass is 308 g/mol. The number of azo groups is 1. The van der Waals surface area contributed by atoms with Gasteiger partial charge in [-0.2, -0.15) is 0 Å². The van der Waals surface area contributed by atoms with Gasteiger partial charge in [0.2, 0.25) is 11.7 Å². The van der Waals surface area contributed by atoms with Gasteiger partial charge in [-0.15, -0.1) is 15.1 Å². The summed E-state index contributed by atoms with van der Waals surface area (Å²) >= 11 is 5.01. The first-order valence-electron chi connectivity index (χ1n) is 5.91. The first-order chi connectivity index (χ1) is 10.1. The zero-order chi connectivity index (χ0) is 15.4. The Hall–Kier alpha value is -2.75. The number of anilines is 1. The van der Waals surface area contributed by atoms with Crippen molar-refractivity contribution in [2.24, 2.45) is 15.5 Å². The molecule has 9 nitrogen and oxygen atoms in total. The zero-order valence-electron chi connectivity index (χ0n) is 10.9. The van der Waals surface area contributed by atoms with E-state index in [1.165, 1.54) is 22.8 Å². The number of nitroso groups, excluding NO2 is 1. The summed E-state index contributed by atoms with van der Waals surface area (Å²) in [6, 6.07) is 4.16. The van der Waals surface area contributed by atoms with Gasteiger partial charge in [-0.25, -0.2) is 5.43 Å². The fourth-order valence-corrected chi connectivity index (χ4v) is 1.95. The number of benzene rings is 1. The van der Waals surface area contributed by atoms with E-state index in [0.29, 0.717) is 17.0 Å². The predicted molar refractivity (Wildman–Crippen MR) is 78.7 cm³/mol. The molecule has 1 aromatic carbocycles. The van der Waals surface area contributed by atoms with Crippen molar-refractivity contribution >= 4 is 29.4 Å². The second kappa shape index (κ2) is 6.13. The molecule has 1 aromatic heterocycles. The molecule has 0 amide bonds. The number of rotatable bonds is 5. The lowest BCUT2D eigenvalue weighted by molar-refractivity contribution is 0.421. The Labute approximate surface area is 123 Å². The molecular formula is C11H12N6O3S. The molecule has 0 saturated heterocycles. The summed E-state index contributed by atoms with van der Waals surface area (Å²) in [6.45, 7) is 2.30. The highest BCUT2D eigenvalue weighted by molar-refractivity contribution is 7.71. The average Bonchev–Trinajstić information content (AvgIpc) is 2.73. The zero-order valence-corrected chi connectivity index (χ0v) is 11.8. The van der Waals surface area contributed by atoms with Gasteiger partial charge in [0.05, 0.1) is 11.0 Å². The summed E-state index contributed by atoms with van der Waals surface area (Å²) in [5, 5.41) is 29.7. The van der Waals surface area contributed by atoms with Gasteiger partial charge >= 0.3 is 0 Å². The number of phenolic OH excluding ortho intramolecular Hbond substituents is 1. The maximum atomic E-state index is 10.1. The number of nitrogens with zero attached hydrogens (tertiary/aromatic N) is 4. The quantitative estimate of drug-likeness (QED) is 0.221. The molecule has 0 unspecified atom stereocenters. The fraction of sp³-hybridized carbons (Fsp3) is 0.182. The maximum absolute atomic E-state index is 10.1. The van der Waals surface area contributed by atoms with Crippen molar-refractivity contribution in [2.75, 3.05) is 5.43 Å². The number of imidazole rings is 1. The number of hydrogen-bond acceptors (Lipinski definition) is 7. The fourth-order valence-electron chi connectivity index (χ4n) is 1.64. The molecule has 10 heteroatoms. The summed E-state index contributed by atoms with van der Waals surface area (Å²) in [7, 11) is 0. The lowest BCUT2D eigenvalue weighted by Crippen LogP contribution is -1.91. The lowest BCUT2D eigenvalue weighted by Gasteiger charge is -2.01. The van der Waals surface area contributed by atoms with Crippen molar-refractivity contribution in [1.82, 2.24) is 9.55 Å². The van der Waals surface area contributed by atoms with Gasteiger partial charge in [-0.1, -0.05) is 0 Å². The van der Waals surface area contributed by atoms with Gasteiger partial charge in [-0.05, 0) is 37.3 Å². The third kappa shape index (κ3) is 3.05. The van der Waals surface area contributed by atoms with E-state index >= 15 is 0 Å². The molecule has 0 radical (unpaired) electrons. The molecule has 0 fully saturated rings. The van der Waals surface area contributed by atoms with Crippen molar-refractivity contribution in [3.05, 3.63) is 27.9 Å². The molecule has 0 aliphatic rings. The number of aromatic amines is 1. The van der Waals surface area contributed by atoms with Crippen molar-refractivity contribution in [2.45, 2.75) is 13.5 Å². The molecule has 1 heterocycles. The van der Waals surface area contributed by atoms with E-state index in [4.69, 9.17) is 12.2 Å². The Kier molecular flexibility index (Phi) is 4.28. The minimum Gasteiger partial charge on any atom is -0.506 e. The molecule has 2 rings (SSSR count). The standard InChI is InChI=1S/C11H12N6O3S/c1-2-17-10(19)9(12-11(17)21)15-14-7-5-6(13-16-20)3-4-8(7)18/h3-5,18-19H,2H2,1H3,(H,12,21)(H,13,20). The molecule has 0 atom stereocenters. The van der Waals surface area contributed by atoms with Gasteiger partial charge in [0.25, 0.3) is 0 Å². The first-order valence-corrected chi connectivity index (χ1v) is 6.32. The van der Waals surface area contributed by atoms with Gasteiger partial charge in [0.1, 0.15) is 11.4 Å². The highest BCUT2D eigenvalue weighted by Gasteiger charge is 2.09. The van der Waals surface area contributed by atoms with E-state index in [-0.39, 0.29) is 23.1 Å². The van der Waals surface area contributed by atoms with E-state index in [1.54, 1.807) is 0 Å². The largest absolute Gasteiger partial charge is 0.506 e. The molecule has 4 N–H and O–H groups in total. The molecule has 0 spiro atoms. The topological polar surface area (TPSA) is 127 Å². The van der Waals surface area contributed by atoms with Crippen LogP contribution in [0.25, 0.3) is 0 Å². The molecule has 0 aliphatic carbocycles. The van der Waals surface area contributed by atoms with Crippen LogP contribution in [0.4, 0.5) is 17.2 Å². The SMILES string of the molecule is CCn1c(O)c(N=Nc2cc(NN=O)ccc2O)[nH]c1=S. The van der Waals surface area contributed by atoms with Crippen LogP contribution in [0.5, 0.6) is 11.6 Å². The smallest absolute Gasteiger partial charge is 0.239 e. The number of aromatic hydroxyl groups is 2. The molecule has 21 heavy (non-hydrogen) atoms. The average molecular weight is 308 g/mol. The van der Waals surface area contributed by atoms with Crippen molar-refractivity contribution < 1.29 is 10.2 Å². The number of H-pyrrole nitrogens is 1. The van der Waals surface area contributed by atoms with Crippen LogP contribution in [0.2, 0.25) is 0 Å². The Balaban J connectivity index is 2.35. The Morgan fingerprint density at radius 1 is 1.38 bits per heavy atom. The van der Waals surface area contributed by atoms with Crippen LogP contribution >= 0.6 is 12.2 Å². The highest BCUT2D eigenvalue weighted by atomic mass is 32.1. The number of phenols is 1. The van der Waals surface area contributed by atoms with Crippen molar-refractivity contribution in [3.63, 3.8) is 0 Å². The number of nitrogens with one attached hydrogen (secondary N) is 2. The van der Waals surface area contributed by atoms with Gasteiger partial charge in [0, 0.05) is 6.54 Å². The van der Waals surface area contributed by atoms with Crippen LogP contribution in [0.3, 0.4) is 0 Å². The summed E-state index contributed by atoms with van der Waals surface area (Å²) in [5.41, 5.74) is 2.64. The van der Waals surface area contributed by atoms with Gasteiger partial charge in [0.15, 0.2) is 4.77 Å². The number of hydrogen-bond donors (Lipinski definition) is 4. The Bertz CT molecular complexity index is 751. The van der Waals surface area contributed by atoms with E-state index in [2.05, 4.69) is 25.9 Å². The Morgan fingerprint density at radius 2 is 2.14 bits per heavy atom. The van der Waals surface area contributed by atoms with Crippen LogP contribution in [0.1, 0.15) is 6.92 Å². The molecule has 2 aromatic rings. The molecule has 0 aliphatic heterocycles. The summed E-state index contributed by atoms with van der Waals surface area (Å²) < 4.78 is 1.76. The summed E-state index contributed by atoms with van der Waals surface area (Å²) in [6.07, 6.45) is 0. The first kappa shape index (κ1) is 14.7. The van der Waals surface area contributed by atoms with Crippen LogP contribution in [-0.2, 0) is 6.54 Å². The Morgan fingerprint density at radius 3 is 2.76 bits per heavy atom. The summed E-state index contributed by atoms with van der Waals surface area (Å²) in [5.74, 6) is -0.203. The van der Waals surface area contributed by atoms with Crippen LogP contribution in [-0.4, -0.2) is 19.8 Å². The summed E-state index contributed by atoms with van der Waals surface area (Å²) in [4.78, 5) is 12.8. The number of aromatic nitrogens is 2. The van der Waals surface area contributed by atoms with E-state index in [9.17, 15) is 15.1 Å². The van der Waals surface area contributed by atoms with E-state index in [0.717, 1.165) is 0 Å². The maximum Gasteiger partial charge on any atom is 0.239 e. The van der Waals surface area contributed by atoms with Crippen molar-refractivity contribution in [1.29, 1.82) is 0 Å². The minimum absolute atomic E-state index is 0.0770. The molecule has 0 bridgehead atoms. The van der Waals surface area contributed by atoms with Crippen LogP contribution < -0.4 is 5.43 Å². The second-order valence-corrected chi connectivity index (χ2v) is 4.34. The van der Waals surface area contributed by atoms with Gasteiger partial charge < -0.3 is 15.2 Å². The van der Waals surface area contributed by atoms with Crippen LogP contribution in [0, 0.1) is 9.68 Å².